The Kier molecular flexibility index (Phi) is 6.68. The third-order valence-corrected chi connectivity index (χ3v) is 2.77. The van der Waals surface area contributed by atoms with Crippen LogP contribution in [0.5, 0.6) is 0 Å². The molecule has 1 rings (SSSR count). The van der Waals surface area contributed by atoms with Gasteiger partial charge in [0.05, 0.1) is 6.10 Å². The Morgan fingerprint density at radius 1 is 1.20 bits per heavy atom. The van der Waals surface area contributed by atoms with Crippen molar-refractivity contribution in [3.8, 4) is 0 Å². The van der Waals surface area contributed by atoms with Crippen LogP contribution >= 0.6 is 22.6 Å². The highest BCUT2D eigenvalue weighted by Crippen LogP contribution is 2.08. The van der Waals surface area contributed by atoms with Crippen LogP contribution < -0.4 is 0 Å². The second-order valence-corrected chi connectivity index (χ2v) is 4.34. The summed E-state index contributed by atoms with van der Waals surface area (Å²) in [7, 11) is 0. The van der Waals surface area contributed by atoms with Crippen LogP contribution in [0.3, 0.4) is 0 Å². The van der Waals surface area contributed by atoms with Crippen molar-refractivity contribution in [3.05, 3.63) is 46.1 Å². The van der Waals surface area contributed by atoms with Crippen LogP contribution in [0, 0.1) is 0 Å². The molecule has 0 saturated carbocycles. The number of rotatable bonds is 6. The molecule has 15 heavy (non-hydrogen) atoms. The van der Waals surface area contributed by atoms with E-state index in [9.17, 15) is 5.11 Å². The van der Waals surface area contributed by atoms with Crippen molar-refractivity contribution >= 4 is 22.6 Å². The first-order chi connectivity index (χ1) is 7.33. The van der Waals surface area contributed by atoms with Crippen LogP contribution in [0.25, 0.3) is 0 Å². The third kappa shape index (κ3) is 5.95. The number of hydrogen-bond donors (Lipinski definition) is 1. The predicted octanol–water partition coefficient (Wildman–Crippen LogP) is 3.71. The zero-order chi connectivity index (χ0) is 10.9. The number of benzene rings is 1. The Hall–Kier alpha value is -0.350. The smallest absolute Gasteiger partial charge is 0.0728 e. The van der Waals surface area contributed by atoms with Crippen LogP contribution in [0.2, 0.25) is 0 Å². The first-order valence-corrected chi connectivity index (χ1v) is 6.56. The lowest BCUT2D eigenvalue weighted by Gasteiger charge is -2.04. The zero-order valence-corrected chi connectivity index (χ0v) is 10.9. The van der Waals surface area contributed by atoms with E-state index in [4.69, 9.17) is 0 Å². The van der Waals surface area contributed by atoms with E-state index in [2.05, 4.69) is 46.9 Å². The molecular formula is C13H17IO. The molecule has 1 N–H and O–H groups in total. The van der Waals surface area contributed by atoms with E-state index in [1.807, 2.05) is 16.2 Å². The van der Waals surface area contributed by atoms with Crippen molar-refractivity contribution in [2.24, 2.45) is 0 Å². The summed E-state index contributed by atoms with van der Waals surface area (Å²) in [5.74, 6) is 0. The minimum atomic E-state index is -0.266. The van der Waals surface area contributed by atoms with Crippen molar-refractivity contribution in [1.82, 2.24) is 0 Å². The standard InChI is InChI=1S/C13H17IO/c14-11-10-13(15)9-5-4-8-12-6-2-1-3-7-12/h1-3,6-7,10-11,13,15H,4-5,8-9H2/b11-10+. The van der Waals surface area contributed by atoms with Gasteiger partial charge in [0, 0.05) is 0 Å². The fraction of sp³-hybridized carbons (Fsp3) is 0.385. The first-order valence-electron chi connectivity index (χ1n) is 5.32. The van der Waals surface area contributed by atoms with E-state index in [0.717, 1.165) is 25.7 Å². The lowest BCUT2D eigenvalue weighted by molar-refractivity contribution is 0.209. The molecule has 0 radical (unpaired) electrons. The molecule has 0 spiro atoms. The minimum Gasteiger partial charge on any atom is -0.389 e. The van der Waals surface area contributed by atoms with Crippen LogP contribution in [0.15, 0.2) is 40.5 Å². The Labute approximate surface area is 105 Å². The molecule has 0 fully saturated rings. The molecule has 2 heteroatoms. The van der Waals surface area contributed by atoms with Gasteiger partial charge >= 0.3 is 0 Å². The fourth-order valence-electron chi connectivity index (χ4n) is 1.51. The Bertz CT molecular complexity index is 282. The van der Waals surface area contributed by atoms with Crippen molar-refractivity contribution in [2.45, 2.75) is 31.8 Å². The molecule has 0 heterocycles. The SMILES string of the molecule is OC(/C=C/I)CCCCc1ccccc1. The molecule has 0 aromatic heterocycles. The maximum Gasteiger partial charge on any atom is 0.0728 e. The van der Waals surface area contributed by atoms with E-state index in [1.54, 1.807) is 0 Å². The highest BCUT2D eigenvalue weighted by atomic mass is 127. The Morgan fingerprint density at radius 3 is 2.60 bits per heavy atom. The molecule has 0 saturated heterocycles. The van der Waals surface area contributed by atoms with Gasteiger partial charge < -0.3 is 5.11 Å². The van der Waals surface area contributed by atoms with Crippen LogP contribution in [0.1, 0.15) is 24.8 Å². The van der Waals surface area contributed by atoms with Crippen molar-refractivity contribution in [1.29, 1.82) is 0 Å². The Balaban J connectivity index is 2.12. The van der Waals surface area contributed by atoms with Crippen molar-refractivity contribution in [3.63, 3.8) is 0 Å². The van der Waals surface area contributed by atoms with E-state index in [1.165, 1.54) is 5.56 Å². The van der Waals surface area contributed by atoms with Gasteiger partial charge in [-0.25, -0.2) is 0 Å². The second-order valence-electron chi connectivity index (χ2n) is 3.62. The largest absolute Gasteiger partial charge is 0.389 e. The summed E-state index contributed by atoms with van der Waals surface area (Å²) >= 11 is 2.13. The number of unbranched alkanes of at least 4 members (excludes halogenated alkanes) is 1. The molecule has 1 nitrogen and oxygen atoms in total. The third-order valence-electron chi connectivity index (χ3n) is 2.35. The fourth-order valence-corrected chi connectivity index (χ4v) is 1.99. The first kappa shape index (κ1) is 12.7. The molecule has 0 aliphatic carbocycles. The van der Waals surface area contributed by atoms with Crippen LogP contribution in [-0.2, 0) is 6.42 Å². The molecule has 0 amide bonds. The summed E-state index contributed by atoms with van der Waals surface area (Å²) in [6.45, 7) is 0. The predicted molar refractivity (Wildman–Crippen MR) is 73.2 cm³/mol. The molecule has 0 aliphatic rings. The number of aliphatic hydroxyl groups excluding tert-OH is 1. The molecule has 1 unspecified atom stereocenters. The summed E-state index contributed by atoms with van der Waals surface area (Å²) in [5, 5.41) is 9.45. The van der Waals surface area contributed by atoms with Gasteiger partial charge in [0.2, 0.25) is 0 Å². The van der Waals surface area contributed by atoms with Gasteiger partial charge in [-0.15, -0.1) is 0 Å². The lowest BCUT2D eigenvalue weighted by atomic mass is 10.1. The lowest BCUT2D eigenvalue weighted by Crippen LogP contribution is -2.01. The summed E-state index contributed by atoms with van der Waals surface area (Å²) in [4.78, 5) is 0. The minimum absolute atomic E-state index is 0.266. The summed E-state index contributed by atoms with van der Waals surface area (Å²) in [6.07, 6.45) is 5.78. The number of halogens is 1. The highest BCUT2D eigenvalue weighted by molar-refractivity contribution is 14.1. The molecular weight excluding hydrogens is 299 g/mol. The van der Waals surface area contributed by atoms with E-state index in [-0.39, 0.29) is 6.10 Å². The average molecular weight is 316 g/mol. The van der Waals surface area contributed by atoms with Crippen LogP contribution in [-0.4, -0.2) is 11.2 Å². The molecule has 1 aromatic rings. The summed E-state index contributed by atoms with van der Waals surface area (Å²) in [5.41, 5.74) is 1.39. The second kappa shape index (κ2) is 7.88. The maximum absolute atomic E-state index is 9.45. The number of aryl methyl sites for hydroxylation is 1. The monoisotopic (exact) mass is 316 g/mol. The van der Waals surface area contributed by atoms with Crippen LogP contribution in [0.4, 0.5) is 0 Å². The summed E-state index contributed by atoms with van der Waals surface area (Å²) < 4.78 is 1.87. The van der Waals surface area contributed by atoms with Gasteiger partial charge in [0.25, 0.3) is 0 Å². The molecule has 0 bridgehead atoms. The van der Waals surface area contributed by atoms with Gasteiger partial charge in [-0.05, 0) is 28.9 Å². The van der Waals surface area contributed by atoms with E-state index in [0.29, 0.717) is 0 Å². The normalized spacial score (nSPS) is 13.2. The summed E-state index contributed by atoms with van der Waals surface area (Å²) in [6, 6.07) is 10.5. The van der Waals surface area contributed by atoms with Gasteiger partial charge in [-0.2, -0.15) is 0 Å². The van der Waals surface area contributed by atoms with Gasteiger partial charge in [-0.1, -0.05) is 65.4 Å². The van der Waals surface area contributed by atoms with E-state index >= 15 is 0 Å². The number of aliphatic hydroxyl groups is 1. The van der Waals surface area contributed by atoms with E-state index < -0.39 is 0 Å². The molecule has 1 aromatic carbocycles. The Morgan fingerprint density at radius 2 is 1.93 bits per heavy atom. The zero-order valence-electron chi connectivity index (χ0n) is 8.77. The topological polar surface area (TPSA) is 20.2 Å². The maximum atomic E-state index is 9.45. The molecule has 0 aliphatic heterocycles. The van der Waals surface area contributed by atoms with Crippen molar-refractivity contribution < 1.29 is 5.11 Å². The highest BCUT2D eigenvalue weighted by Gasteiger charge is 1.98. The average Bonchev–Trinajstić information content (AvgIpc) is 2.26. The molecule has 82 valence electrons. The van der Waals surface area contributed by atoms with Gasteiger partial charge in [0.1, 0.15) is 0 Å². The number of hydrogen-bond acceptors (Lipinski definition) is 1. The van der Waals surface area contributed by atoms with Gasteiger partial charge in [-0.3, -0.25) is 0 Å². The molecule has 1 atom stereocenters. The quantitative estimate of drug-likeness (QED) is 0.627. The van der Waals surface area contributed by atoms with Gasteiger partial charge in [0.15, 0.2) is 0 Å². The van der Waals surface area contributed by atoms with Crippen molar-refractivity contribution in [2.75, 3.05) is 0 Å².